The lowest BCUT2D eigenvalue weighted by molar-refractivity contribution is 0.0697. The number of aromatic carboxylic acids is 1. The highest BCUT2D eigenvalue weighted by Crippen LogP contribution is 2.20. The number of carbonyl (C=O) groups is 1. The Hall–Kier alpha value is -1.96. The van der Waals surface area contributed by atoms with E-state index in [9.17, 15) is 13.2 Å². The number of hydrogen-bond acceptors (Lipinski definition) is 4. The van der Waals surface area contributed by atoms with Crippen LogP contribution in [0.2, 0.25) is 5.02 Å². The van der Waals surface area contributed by atoms with Crippen molar-refractivity contribution in [2.75, 3.05) is 0 Å². The molecule has 1 heterocycles. The maximum atomic E-state index is 12.1. The summed E-state index contributed by atoms with van der Waals surface area (Å²) in [6.45, 7) is 0.00814. The Balaban J connectivity index is 2.24. The lowest BCUT2D eigenvalue weighted by Crippen LogP contribution is -2.24. The normalized spacial score (nSPS) is 11.3. The van der Waals surface area contributed by atoms with Crippen LogP contribution >= 0.6 is 11.6 Å². The van der Waals surface area contributed by atoms with Crippen LogP contribution < -0.4 is 4.72 Å². The van der Waals surface area contributed by atoms with Gasteiger partial charge in [0, 0.05) is 6.20 Å². The molecule has 1 aromatic heterocycles. The summed E-state index contributed by atoms with van der Waals surface area (Å²) in [5.41, 5.74) is 0.283. The lowest BCUT2D eigenvalue weighted by atomic mass is 10.2. The molecule has 0 aliphatic heterocycles. The van der Waals surface area contributed by atoms with Gasteiger partial charge < -0.3 is 5.11 Å². The Morgan fingerprint density at radius 1 is 1.29 bits per heavy atom. The zero-order valence-electron chi connectivity index (χ0n) is 10.7. The van der Waals surface area contributed by atoms with Crippen molar-refractivity contribution in [2.24, 2.45) is 0 Å². The highest BCUT2D eigenvalue weighted by atomic mass is 35.5. The second kappa shape index (κ2) is 6.21. The topological polar surface area (TPSA) is 96.4 Å². The Labute approximate surface area is 126 Å². The maximum absolute atomic E-state index is 12.1. The zero-order valence-corrected chi connectivity index (χ0v) is 12.2. The van der Waals surface area contributed by atoms with Gasteiger partial charge in [0.05, 0.1) is 27.7 Å². The molecule has 2 N–H and O–H groups in total. The van der Waals surface area contributed by atoms with Crippen LogP contribution in [0.15, 0.2) is 47.5 Å². The Bertz CT molecular complexity index is 763. The number of halogens is 1. The largest absolute Gasteiger partial charge is 0.478 e. The van der Waals surface area contributed by atoms with Crippen molar-refractivity contribution in [1.29, 1.82) is 0 Å². The Morgan fingerprint density at radius 2 is 2.05 bits per heavy atom. The van der Waals surface area contributed by atoms with Gasteiger partial charge in [-0.1, -0.05) is 17.7 Å². The molecule has 0 aliphatic rings. The summed E-state index contributed by atoms with van der Waals surface area (Å²) in [6.07, 6.45) is 1.55. The molecule has 8 heteroatoms. The van der Waals surface area contributed by atoms with Gasteiger partial charge in [0.25, 0.3) is 0 Å². The predicted molar refractivity (Wildman–Crippen MR) is 76.7 cm³/mol. The van der Waals surface area contributed by atoms with E-state index in [1.807, 2.05) is 0 Å². The number of carboxylic acids is 1. The fraction of sp³-hybridized carbons (Fsp3) is 0.0769. The number of nitrogens with zero attached hydrogens (tertiary/aromatic N) is 1. The van der Waals surface area contributed by atoms with Crippen LogP contribution in [0.3, 0.4) is 0 Å². The minimum absolute atomic E-state index is 0.00814. The van der Waals surface area contributed by atoms with Crippen molar-refractivity contribution < 1.29 is 18.3 Å². The number of pyridine rings is 1. The van der Waals surface area contributed by atoms with E-state index in [1.54, 1.807) is 24.4 Å². The van der Waals surface area contributed by atoms with Gasteiger partial charge in [-0.2, -0.15) is 0 Å². The number of nitrogens with one attached hydrogen (secondary N) is 1. The molecule has 2 rings (SSSR count). The molecule has 2 aromatic rings. The second-order valence-electron chi connectivity index (χ2n) is 4.09. The van der Waals surface area contributed by atoms with Gasteiger partial charge in [-0.05, 0) is 30.3 Å². The first kappa shape index (κ1) is 15.4. The predicted octanol–water partition coefficient (Wildman–Crippen LogP) is 1.91. The summed E-state index contributed by atoms with van der Waals surface area (Å²) >= 11 is 5.71. The van der Waals surface area contributed by atoms with Crippen LogP contribution in [0.5, 0.6) is 0 Å². The van der Waals surface area contributed by atoms with Gasteiger partial charge in [-0.15, -0.1) is 0 Å². The third kappa shape index (κ3) is 3.78. The van der Waals surface area contributed by atoms with Gasteiger partial charge in [0.15, 0.2) is 0 Å². The third-order valence-electron chi connectivity index (χ3n) is 2.65. The van der Waals surface area contributed by atoms with E-state index < -0.39 is 16.0 Å². The van der Waals surface area contributed by atoms with Gasteiger partial charge in [-0.3, -0.25) is 4.98 Å². The molecule has 0 fully saturated rings. The van der Waals surface area contributed by atoms with Gasteiger partial charge >= 0.3 is 5.97 Å². The molecule has 110 valence electrons. The van der Waals surface area contributed by atoms with E-state index in [-0.39, 0.29) is 22.0 Å². The van der Waals surface area contributed by atoms with E-state index in [0.717, 1.165) is 6.07 Å². The molecule has 0 aliphatic carbocycles. The molecule has 0 saturated heterocycles. The zero-order chi connectivity index (χ0) is 15.5. The number of carboxylic acid groups (broad SMARTS) is 1. The number of benzene rings is 1. The molecule has 0 spiro atoms. The highest BCUT2D eigenvalue weighted by molar-refractivity contribution is 7.89. The molecule has 21 heavy (non-hydrogen) atoms. The number of rotatable bonds is 5. The van der Waals surface area contributed by atoms with Gasteiger partial charge in [0.1, 0.15) is 0 Å². The first-order valence-corrected chi connectivity index (χ1v) is 7.69. The van der Waals surface area contributed by atoms with E-state index in [4.69, 9.17) is 16.7 Å². The Kier molecular flexibility index (Phi) is 4.56. The van der Waals surface area contributed by atoms with E-state index in [0.29, 0.717) is 5.69 Å². The summed E-state index contributed by atoms with van der Waals surface area (Å²) in [6, 6.07) is 8.63. The van der Waals surface area contributed by atoms with Crippen molar-refractivity contribution in [2.45, 2.75) is 11.4 Å². The highest BCUT2D eigenvalue weighted by Gasteiger charge is 2.18. The van der Waals surface area contributed by atoms with Crippen LogP contribution in [0.1, 0.15) is 16.1 Å². The number of hydrogen-bond donors (Lipinski definition) is 2. The number of sulfonamides is 1. The SMILES string of the molecule is O=C(O)c1cc(S(=O)(=O)NCc2ccccn2)ccc1Cl. The molecular formula is C13H11ClN2O4S. The third-order valence-corrected chi connectivity index (χ3v) is 4.38. The fourth-order valence-corrected chi connectivity index (χ4v) is 2.81. The van der Waals surface area contributed by atoms with Crippen LogP contribution in [0, 0.1) is 0 Å². The molecule has 0 saturated carbocycles. The van der Waals surface area contributed by atoms with Gasteiger partial charge in [0.2, 0.25) is 10.0 Å². The smallest absolute Gasteiger partial charge is 0.337 e. The van der Waals surface area contributed by atoms with Crippen LogP contribution in [0.25, 0.3) is 0 Å². The lowest BCUT2D eigenvalue weighted by Gasteiger charge is -2.08. The molecular weight excluding hydrogens is 316 g/mol. The van der Waals surface area contributed by atoms with E-state index in [2.05, 4.69) is 9.71 Å². The summed E-state index contributed by atoms with van der Waals surface area (Å²) in [5, 5.41) is 8.93. The summed E-state index contributed by atoms with van der Waals surface area (Å²) in [7, 11) is -3.84. The van der Waals surface area contributed by atoms with Crippen LogP contribution in [-0.2, 0) is 16.6 Å². The maximum Gasteiger partial charge on any atom is 0.337 e. The first-order valence-electron chi connectivity index (χ1n) is 5.82. The van der Waals surface area contributed by atoms with Crippen molar-refractivity contribution in [3.8, 4) is 0 Å². The molecule has 0 bridgehead atoms. The average Bonchev–Trinajstić information content (AvgIpc) is 2.46. The number of aromatic nitrogens is 1. The van der Waals surface area contributed by atoms with E-state index >= 15 is 0 Å². The van der Waals surface area contributed by atoms with E-state index in [1.165, 1.54) is 12.1 Å². The van der Waals surface area contributed by atoms with Crippen molar-refractivity contribution in [1.82, 2.24) is 9.71 Å². The van der Waals surface area contributed by atoms with Crippen LogP contribution in [-0.4, -0.2) is 24.5 Å². The summed E-state index contributed by atoms with van der Waals surface area (Å²) < 4.78 is 26.6. The first-order chi connectivity index (χ1) is 9.90. The molecule has 0 unspecified atom stereocenters. The fourth-order valence-electron chi connectivity index (χ4n) is 1.59. The van der Waals surface area contributed by atoms with Gasteiger partial charge in [-0.25, -0.2) is 17.9 Å². The quantitative estimate of drug-likeness (QED) is 0.875. The second-order valence-corrected chi connectivity index (χ2v) is 6.27. The molecule has 0 radical (unpaired) electrons. The summed E-state index contributed by atoms with van der Waals surface area (Å²) in [5.74, 6) is -1.29. The molecule has 1 aromatic carbocycles. The monoisotopic (exact) mass is 326 g/mol. The minimum Gasteiger partial charge on any atom is -0.478 e. The Morgan fingerprint density at radius 3 is 2.67 bits per heavy atom. The van der Waals surface area contributed by atoms with Crippen LogP contribution in [0.4, 0.5) is 0 Å². The summed E-state index contributed by atoms with van der Waals surface area (Å²) in [4.78, 5) is 14.8. The molecule has 6 nitrogen and oxygen atoms in total. The molecule has 0 atom stereocenters. The minimum atomic E-state index is -3.84. The average molecular weight is 327 g/mol. The van der Waals surface area contributed by atoms with Crippen molar-refractivity contribution in [3.63, 3.8) is 0 Å². The van der Waals surface area contributed by atoms with Crippen molar-refractivity contribution >= 4 is 27.6 Å². The van der Waals surface area contributed by atoms with Crippen molar-refractivity contribution in [3.05, 3.63) is 58.9 Å². The molecule has 0 amide bonds. The standard InChI is InChI=1S/C13H11ClN2O4S/c14-12-5-4-10(7-11(12)13(17)18)21(19,20)16-8-9-3-1-2-6-15-9/h1-7,16H,8H2,(H,17,18).